The maximum Gasteiger partial charge on any atom is 0.0226 e. The Balaban J connectivity index is 1.77. The van der Waals surface area contributed by atoms with Gasteiger partial charge in [-0.1, -0.05) is 26.2 Å². The van der Waals surface area contributed by atoms with Gasteiger partial charge >= 0.3 is 0 Å². The first kappa shape index (κ1) is 15.7. The predicted molar refractivity (Wildman–Crippen MR) is 86.8 cm³/mol. The van der Waals surface area contributed by atoms with Crippen LogP contribution in [0, 0.1) is 5.41 Å². The quantitative estimate of drug-likeness (QED) is 0.757. The van der Waals surface area contributed by atoms with Crippen LogP contribution in [0.2, 0.25) is 0 Å². The van der Waals surface area contributed by atoms with Crippen molar-refractivity contribution in [3.05, 3.63) is 0 Å². The molecule has 1 saturated carbocycles. The molecule has 19 heavy (non-hydrogen) atoms. The summed E-state index contributed by atoms with van der Waals surface area (Å²) in [6.07, 6.45) is 11.6. The molecule has 1 aliphatic carbocycles. The van der Waals surface area contributed by atoms with Gasteiger partial charge in [0, 0.05) is 12.6 Å². The molecular formula is C16H32N2S. The molecule has 2 nitrogen and oxygen atoms in total. The fourth-order valence-corrected chi connectivity index (χ4v) is 4.71. The van der Waals surface area contributed by atoms with Crippen molar-refractivity contribution in [2.45, 2.75) is 64.3 Å². The lowest BCUT2D eigenvalue weighted by molar-refractivity contribution is 0.0461. The van der Waals surface area contributed by atoms with E-state index in [2.05, 4.69) is 23.6 Å². The highest BCUT2D eigenvalue weighted by molar-refractivity contribution is 7.99. The van der Waals surface area contributed by atoms with Gasteiger partial charge in [-0.25, -0.2) is 0 Å². The Morgan fingerprint density at radius 2 is 1.79 bits per heavy atom. The second-order valence-electron chi connectivity index (χ2n) is 6.47. The summed E-state index contributed by atoms with van der Waals surface area (Å²) in [5, 5.41) is 0. The SMILES string of the molecule is CCSCCC(CN)N1CCC2(CCCCC2)CC1. The molecule has 1 atom stereocenters. The van der Waals surface area contributed by atoms with Crippen molar-refractivity contribution in [3.8, 4) is 0 Å². The van der Waals surface area contributed by atoms with E-state index in [4.69, 9.17) is 5.73 Å². The van der Waals surface area contributed by atoms with Gasteiger partial charge in [0.25, 0.3) is 0 Å². The highest BCUT2D eigenvalue weighted by atomic mass is 32.2. The third-order valence-corrected chi connectivity index (χ3v) is 6.29. The molecule has 0 bridgehead atoms. The summed E-state index contributed by atoms with van der Waals surface area (Å²) >= 11 is 2.06. The number of nitrogens with zero attached hydrogens (tertiary/aromatic N) is 1. The van der Waals surface area contributed by atoms with Gasteiger partial charge in [0.15, 0.2) is 0 Å². The number of rotatable bonds is 6. The summed E-state index contributed by atoms with van der Waals surface area (Å²) in [7, 11) is 0. The van der Waals surface area contributed by atoms with Crippen LogP contribution in [0.3, 0.4) is 0 Å². The minimum absolute atomic E-state index is 0.639. The van der Waals surface area contributed by atoms with Crippen LogP contribution in [-0.2, 0) is 0 Å². The molecule has 3 heteroatoms. The van der Waals surface area contributed by atoms with Crippen LogP contribution in [0.15, 0.2) is 0 Å². The Morgan fingerprint density at radius 3 is 2.37 bits per heavy atom. The molecule has 0 aromatic rings. The standard InChI is InChI=1S/C16H32N2S/c1-2-19-13-6-15(14-17)18-11-9-16(10-12-18)7-4-3-5-8-16/h15H,2-14,17H2,1H3. The van der Waals surface area contributed by atoms with E-state index < -0.39 is 0 Å². The van der Waals surface area contributed by atoms with Crippen LogP contribution in [0.25, 0.3) is 0 Å². The maximum atomic E-state index is 6.00. The molecule has 0 aromatic carbocycles. The molecule has 2 N–H and O–H groups in total. The van der Waals surface area contributed by atoms with Gasteiger partial charge in [0.1, 0.15) is 0 Å². The Kier molecular flexibility index (Phi) is 6.51. The number of likely N-dealkylation sites (tertiary alicyclic amines) is 1. The smallest absolute Gasteiger partial charge is 0.0226 e. The summed E-state index contributed by atoms with van der Waals surface area (Å²) in [6.45, 7) is 5.70. The van der Waals surface area contributed by atoms with Gasteiger partial charge in [-0.3, -0.25) is 4.90 Å². The van der Waals surface area contributed by atoms with Crippen LogP contribution < -0.4 is 5.73 Å². The molecule has 2 aliphatic rings. The average Bonchev–Trinajstić information content (AvgIpc) is 2.46. The number of thioether (sulfide) groups is 1. The zero-order valence-corrected chi connectivity index (χ0v) is 13.5. The lowest BCUT2D eigenvalue weighted by Crippen LogP contribution is -2.48. The van der Waals surface area contributed by atoms with Gasteiger partial charge in [0.2, 0.25) is 0 Å². The minimum Gasteiger partial charge on any atom is -0.329 e. The number of hydrogen-bond donors (Lipinski definition) is 1. The monoisotopic (exact) mass is 284 g/mol. The van der Waals surface area contributed by atoms with Gasteiger partial charge in [-0.05, 0) is 62.1 Å². The molecule has 1 spiro atoms. The zero-order chi connectivity index (χ0) is 13.6. The topological polar surface area (TPSA) is 29.3 Å². The Labute approximate surface area is 123 Å². The molecular weight excluding hydrogens is 252 g/mol. The summed E-state index contributed by atoms with van der Waals surface area (Å²) in [5.74, 6) is 2.51. The summed E-state index contributed by atoms with van der Waals surface area (Å²) in [5.41, 5.74) is 6.73. The Hall–Kier alpha value is 0.270. The van der Waals surface area contributed by atoms with Crippen molar-refractivity contribution in [2.24, 2.45) is 11.1 Å². The van der Waals surface area contributed by atoms with Crippen LogP contribution in [0.5, 0.6) is 0 Å². The lowest BCUT2D eigenvalue weighted by atomic mass is 9.68. The first-order valence-electron chi connectivity index (χ1n) is 8.31. The van der Waals surface area contributed by atoms with Crippen LogP contribution in [-0.4, -0.2) is 42.1 Å². The number of hydrogen-bond acceptors (Lipinski definition) is 3. The first-order chi connectivity index (χ1) is 9.29. The van der Waals surface area contributed by atoms with E-state index in [1.807, 2.05) is 0 Å². The molecule has 0 radical (unpaired) electrons. The molecule has 0 amide bonds. The Morgan fingerprint density at radius 1 is 1.11 bits per heavy atom. The number of nitrogens with two attached hydrogens (primary N) is 1. The lowest BCUT2D eigenvalue weighted by Gasteiger charge is -2.46. The fourth-order valence-electron chi connectivity index (χ4n) is 3.98. The van der Waals surface area contributed by atoms with Gasteiger partial charge in [-0.15, -0.1) is 0 Å². The average molecular weight is 285 g/mol. The van der Waals surface area contributed by atoms with E-state index in [0.717, 1.165) is 12.0 Å². The van der Waals surface area contributed by atoms with E-state index in [1.165, 1.54) is 76.0 Å². The third-order valence-electron chi connectivity index (χ3n) is 5.36. The highest BCUT2D eigenvalue weighted by Crippen LogP contribution is 2.44. The molecule has 0 aromatic heterocycles. The number of piperidine rings is 1. The van der Waals surface area contributed by atoms with E-state index in [0.29, 0.717) is 6.04 Å². The second kappa shape index (κ2) is 7.90. The van der Waals surface area contributed by atoms with Crippen molar-refractivity contribution in [3.63, 3.8) is 0 Å². The van der Waals surface area contributed by atoms with Crippen molar-refractivity contribution in [2.75, 3.05) is 31.1 Å². The molecule has 1 unspecified atom stereocenters. The molecule has 1 aliphatic heterocycles. The van der Waals surface area contributed by atoms with Crippen molar-refractivity contribution in [1.82, 2.24) is 4.90 Å². The zero-order valence-electron chi connectivity index (χ0n) is 12.7. The summed E-state index contributed by atoms with van der Waals surface area (Å²) < 4.78 is 0. The van der Waals surface area contributed by atoms with Crippen molar-refractivity contribution >= 4 is 11.8 Å². The van der Waals surface area contributed by atoms with Crippen LogP contribution >= 0.6 is 11.8 Å². The van der Waals surface area contributed by atoms with Gasteiger partial charge < -0.3 is 5.73 Å². The van der Waals surface area contributed by atoms with Gasteiger partial charge in [0.05, 0.1) is 0 Å². The van der Waals surface area contributed by atoms with Crippen molar-refractivity contribution in [1.29, 1.82) is 0 Å². The van der Waals surface area contributed by atoms with Crippen LogP contribution in [0.1, 0.15) is 58.3 Å². The van der Waals surface area contributed by atoms with E-state index in [9.17, 15) is 0 Å². The van der Waals surface area contributed by atoms with Crippen LogP contribution in [0.4, 0.5) is 0 Å². The van der Waals surface area contributed by atoms with Gasteiger partial charge in [-0.2, -0.15) is 11.8 Å². The minimum atomic E-state index is 0.639. The van der Waals surface area contributed by atoms with E-state index in [-0.39, 0.29) is 0 Å². The van der Waals surface area contributed by atoms with E-state index >= 15 is 0 Å². The van der Waals surface area contributed by atoms with Crippen molar-refractivity contribution < 1.29 is 0 Å². The predicted octanol–water partition coefficient (Wildman–Crippen LogP) is 3.50. The molecule has 1 saturated heterocycles. The normalized spacial score (nSPS) is 25.6. The third kappa shape index (κ3) is 4.37. The first-order valence-corrected chi connectivity index (χ1v) is 9.47. The largest absolute Gasteiger partial charge is 0.329 e. The van der Waals surface area contributed by atoms with E-state index in [1.54, 1.807) is 0 Å². The highest BCUT2D eigenvalue weighted by Gasteiger charge is 2.36. The molecule has 1 heterocycles. The summed E-state index contributed by atoms with van der Waals surface area (Å²) in [4.78, 5) is 2.69. The Bertz CT molecular complexity index is 241. The second-order valence-corrected chi connectivity index (χ2v) is 7.87. The molecule has 112 valence electrons. The molecule has 2 rings (SSSR count). The summed E-state index contributed by atoms with van der Waals surface area (Å²) in [6, 6.07) is 0.639. The molecule has 2 fully saturated rings. The maximum absolute atomic E-state index is 6.00. The fraction of sp³-hybridized carbons (Fsp3) is 1.00.